The number of carbonyl (C=O) groups is 2. The number of nitrogens with zero attached hydrogens (tertiary/aromatic N) is 1. The molecule has 2 rings (SSSR count). The lowest BCUT2D eigenvalue weighted by Crippen LogP contribution is -2.47. The summed E-state index contributed by atoms with van der Waals surface area (Å²) in [5.74, 6) is -0.522. The van der Waals surface area contributed by atoms with Crippen LogP contribution in [-0.4, -0.2) is 29.8 Å². The predicted molar refractivity (Wildman–Crippen MR) is 93.9 cm³/mol. The molecular formula is C17H22Cl2N2O2. The number of anilines is 1. The first kappa shape index (κ1) is 18.1. The highest BCUT2D eigenvalue weighted by molar-refractivity contribution is 6.35. The molecule has 1 aliphatic heterocycles. The quantitative estimate of drug-likeness (QED) is 0.817. The highest BCUT2D eigenvalue weighted by Crippen LogP contribution is 2.29. The van der Waals surface area contributed by atoms with Gasteiger partial charge in [0, 0.05) is 18.1 Å². The van der Waals surface area contributed by atoms with Crippen LogP contribution in [0.3, 0.4) is 0 Å². The molecule has 0 aliphatic carbocycles. The molecule has 2 amide bonds. The van der Waals surface area contributed by atoms with Crippen LogP contribution < -0.4 is 5.32 Å². The van der Waals surface area contributed by atoms with Crippen molar-refractivity contribution in [2.75, 3.05) is 18.4 Å². The summed E-state index contributed by atoms with van der Waals surface area (Å²) in [4.78, 5) is 27.2. The van der Waals surface area contributed by atoms with Crippen molar-refractivity contribution >= 4 is 40.7 Å². The molecule has 6 heteroatoms. The monoisotopic (exact) mass is 356 g/mol. The van der Waals surface area contributed by atoms with E-state index in [1.165, 1.54) is 0 Å². The Labute approximate surface area is 147 Å². The molecule has 0 spiro atoms. The Balaban J connectivity index is 2.12. The van der Waals surface area contributed by atoms with E-state index in [4.69, 9.17) is 23.2 Å². The number of carbonyl (C=O) groups excluding carboxylic acids is 2. The van der Waals surface area contributed by atoms with Crippen molar-refractivity contribution in [3.63, 3.8) is 0 Å². The van der Waals surface area contributed by atoms with E-state index in [1.54, 1.807) is 36.9 Å². The lowest BCUT2D eigenvalue weighted by molar-refractivity contribution is -0.146. The van der Waals surface area contributed by atoms with Gasteiger partial charge in [-0.25, -0.2) is 0 Å². The van der Waals surface area contributed by atoms with Gasteiger partial charge in [-0.15, -0.1) is 0 Å². The number of hydrogen-bond donors (Lipinski definition) is 1. The fraction of sp³-hybridized carbons (Fsp3) is 0.529. The minimum atomic E-state index is -1.16. The molecule has 1 N–H and O–H groups in total. The number of rotatable bonds is 3. The summed E-state index contributed by atoms with van der Waals surface area (Å²) < 4.78 is 0. The summed E-state index contributed by atoms with van der Waals surface area (Å²) in [6.45, 7) is 4.73. The maximum absolute atomic E-state index is 12.8. The van der Waals surface area contributed by atoms with Crippen molar-refractivity contribution in [1.82, 2.24) is 4.90 Å². The van der Waals surface area contributed by atoms with Crippen LogP contribution in [0.15, 0.2) is 18.2 Å². The standard InChI is InChI=1S/C17H22Cl2N2O2/c1-17(2,16(23)21-9-5-3-4-6-10-21)15(22)20-14-11-12(18)7-8-13(14)19/h7-8,11H,3-6,9-10H2,1-2H3,(H,20,22). The predicted octanol–water partition coefficient (Wildman–Crippen LogP) is 4.36. The molecule has 23 heavy (non-hydrogen) atoms. The van der Waals surface area contributed by atoms with Gasteiger partial charge < -0.3 is 10.2 Å². The number of halogens is 2. The fourth-order valence-corrected chi connectivity index (χ4v) is 2.97. The highest BCUT2D eigenvalue weighted by Gasteiger charge is 2.39. The maximum atomic E-state index is 12.8. The molecular weight excluding hydrogens is 335 g/mol. The van der Waals surface area contributed by atoms with E-state index in [0.717, 1.165) is 25.7 Å². The van der Waals surface area contributed by atoms with Crippen molar-refractivity contribution in [1.29, 1.82) is 0 Å². The number of nitrogens with one attached hydrogen (secondary N) is 1. The van der Waals surface area contributed by atoms with E-state index >= 15 is 0 Å². The van der Waals surface area contributed by atoms with Crippen LogP contribution in [0.1, 0.15) is 39.5 Å². The van der Waals surface area contributed by atoms with E-state index in [2.05, 4.69) is 5.32 Å². The summed E-state index contributed by atoms with van der Waals surface area (Å²) in [6, 6.07) is 4.84. The Morgan fingerprint density at radius 3 is 2.30 bits per heavy atom. The van der Waals surface area contributed by atoms with Gasteiger partial charge in [-0.2, -0.15) is 0 Å². The smallest absolute Gasteiger partial charge is 0.239 e. The zero-order valence-electron chi connectivity index (χ0n) is 13.5. The van der Waals surface area contributed by atoms with Gasteiger partial charge >= 0.3 is 0 Å². The third-order valence-electron chi connectivity index (χ3n) is 4.17. The largest absolute Gasteiger partial charge is 0.342 e. The number of hydrogen-bond acceptors (Lipinski definition) is 2. The average Bonchev–Trinajstić information content (AvgIpc) is 2.79. The summed E-state index contributed by atoms with van der Waals surface area (Å²) in [5, 5.41) is 3.59. The summed E-state index contributed by atoms with van der Waals surface area (Å²) in [7, 11) is 0. The summed E-state index contributed by atoms with van der Waals surface area (Å²) >= 11 is 12.0. The third kappa shape index (κ3) is 4.39. The molecule has 0 unspecified atom stereocenters. The Bertz CT molecular complexity index is 594. The van der Waals surface area contributed by atoms with Crippen LogP contribution >= 0.6 is 23.2 Å². The highest BCUT2D eigenvalue weighted by atomic mass is 35.5. The van der Waals surface area contributed by atoms with Crippen LogP contribution in [-0.2, 0) is 9.59 Å². The van der Waals surface area contributed by atoms with Gasteiger partial charge in [-0.05, 0) is 44.9 Å². The Morgan fingerprint density at radius 2 is 1.70 bits per heavy atom. The zero-order valence-corrected chi connectivity index (χ0v) is 15.0. The normalized spacial score (nSPS) is 15.9. The van der Waals surface area contributed by atoms with Crippen molar-refractivity contribution in [3.05, 3.63) is 28.2 Å². The van der Waals surface area contributed by atoms with Gasteiger partial charge in [0.05, 0.1) is 10.7 Å². The molecule has 1 aromatic carbocycles. The van der Waals surface area contributed by atoms with E-state index in [-0.39, 0.29) is 11.8 Å². The second-order valence-corrected chi connectivity index (χ2v) is 7.25. The lowest BCUT2D eigenvalue weighted by Gasteiger charge is -2.30. The van der Waals surface area contributed by atoms with E-state index < -0.39 is 5.41 Å². The molecule has 1 aromatic rings. The Morgan fingerprint density at radius 1 is 1.09 bits per heavy atom. The molecule has 1 aliphatic rings. The summed E-state index contributed by atoms with van der Waals surface area (Å²) in [6.07, 6.45) is 4.25. The molecule has 0 aromatic heterocycles. The minimum absolute atomic E-state index is 0.143. The van der Waals surface area contributed by atoms with Crippen LogP contribution in [0, 0.1) is 5.41 Å². The van der Waals surface area contributed by atoms with E-state index in [9.17, 15) is 9.59 Å². The third-order valence-corrected chi connectivity index (χ3v) is 4.74. The number of likely N-dealkylation sites (tertiary alicyclic amines) is 1. The van der Waals surface area contributed by atoms with Crippen molar-refractivity contribution < 1.29 is 9.59 Å². The Kier molecular flexibility index (Phi) is 5.93. The van der Waals surface area contributed by atoms with E-state index in [0.29, 0.717) is 28.8 Å². The number of benzene rings is 1. The number of amides is 2. The minimum Gasteiger partial charge on any atom is -0.342 e. The van der Waals surface area contributed by atoms with Crippen LogP contribution in [0.25, 0.3) is 0 Å². The molecule has 126 valence electrons. The second kappa shape index (κ2) is 7.54. The first-order chi connectivity index (χ1) is 10.8. The fourth-order valence-electron chi connectivity index (χ4n) is 2.64. The maximum Gasteiger partial charge on any atom is 0.239 e. The van der Waals surface area contributed by atoms with Crippen LogP contribution in [0.2, 0.25) is 10.0 Å². The van der Waals surface area contributed by atoms with Crippen LogP contribution in [0.5, 0.6) is 0 Å². The average molecular weight is 357 g/mol. The molecule has 1 saturated heterocycles. The second-order valence-electron chi connectivity index (χ2n) is 6.41. The van der Waals surface area contributed by atoms with Gasteiger partial charge in [0.25, 0.3) is 0 Å². The zero-order chi connectivity index (χ0) is 17.0. The van der Waals surface area contributed by atoms with E-state index in [1.807, 2.05) is 0 Å². The van der Waals surface area contributed by atoms with Gasteiger partial charge in [0.1, 0.15) is 5.41 Å². The first-order valence-corrected chi connectivity index (χ1v) is 8.64. The van der Waals surface area contributed by atoms with Gasteiger partial charge in [0.2, 0.25) is 11.8 Å². The van der Waals surface area contributed by atoms with Gasteiger partial charge in [0.15, 0.2) is 0 Å². The summed E-state index contributed by atoms with van der Waals surface area (Å²) in [5.41, 5.74) is -0.739. The lowest BCUT2D eigenvalue weighted by atomic mass is 9.90. The van der Waals surface area contributed by atoms with Crippen LogP contribution in [0.4, 0.5) is 5.69 Å². The van der Waals surface area contributed by atoms with Gasteiger partial charge in [-0.3, -0.25) is 9.59 Å². The van der Waals surface area contributed by atoms with Crippen molar-refractivity contribution in [3.8, 4) is 0 Å². The molecule has 0 radical (unpaired) electrons. The molecule has 0 bridgehead atoms. The molecule has 0 saturated carbocycles. The topological polar surface area (TPSA) is 49.4 Å². The van der Waals surface area contributed by atoms with Crippen molar-refractivity contribution in [2.45, 2.75) is 39.5 Å². The molecule has 1 fully saturated rings. The molecule has 0 atom stereocenters. The molecule has 4 nitrogen and oxygen atoms in total. The Hall–Kier alpha value is -1.26. The van der Waals surface area contributed by atoms with Gasteiger partial charge in [-0.1, -0.05) is 36.0 Å². The van der Waals surface area contributed by atoms with Crippen molar-refractivity contribution in [2.24, 2.45) is 5.41 Å². The SMILES string of the molecule is CC(C)(C(=O)Nc1cc(Cl)ccc1Cl)C(=O)N1CCCCCC1. The molecule has 1 heterocycles. The first-order valence-electron chi connectivity index (χ1n) is 7.88.